The number of methoxy groups -OCH3 is 1. The van der Waals surface area contributed by atoms with Crippen molar-refractivity contribution in [2.24, 2.45) is 17.3 Å². The third kappa shape index (κ3) is 10.4. The topological polar surface area (TPSA) is 168 Å². The molecule has 0 spiro atoms. The number of fused-ring (bicyclic) bond motifs is 6. The smallest absolute Gasteiger partial charge is 0.259 e. The van der Waals surface area contributed by atoms with E-state index in [1.54, 1.807) is 37.4 Å². The predicted octanol–water partition coefficient (Wildman–Crippen LogP) is 5.92. The molecule has 0 radical (unpaired) electrons. The van der Waals surface area contributed by atoms with E-state index in [9.17, 15) is 24.3 Å². The van der Waals surface area contributed by atoms with Crippen LogP contribution in [0.15, 0.2) is 54.9 Å². The molecule has 2 aromatic heterocycles. The zero-order valence-electron chi connectivity index (χ0n) is 41.0. The molecule has 15 nitrogen and oxygen atoms in total. The molecule has 4 atom stereocenters. The quantitative estimate of drug-likeness (QED) is 0.153. The van der Waals surface area contributed by atoms with Crippen LogP contribution in [0.1, 0.15) is 83.4 Å². The highest BCUT2D eigenvalue weighted by atomic mass is 16.5. The minimum atomic E-state index is -1.20. The number of nitrogens with one attached hydrogen (secondary N) is 2. The molecule has 3 amide bonds. The first-order valence-corrected chi connectivity index (χ1v) is 24.6. The summed E-state index contributed by atoms with van der Waals surface area (Å²) in [6, 6.07) is 12.1. The van der Waals surface area contributed by atoms with Crippen LogP contribution in [0.3, 0.4) is 0 Å². The number of hydrazine groups is 1. The summed E-state index contributed by atoms with van der Waals surface area (Å²) in [5.41, 5.74) is 9.10. The lowest BCUT2D eigenvalue weighted by atomic mass is 9.84. The average molecular weight is 934 g/mol. The van der Waals surface area contributed by atoms with Crippen molar-refractivity contribution in [3.05, 3.63) is 71.5 Å². The van der Waals surface area contributed by atoms with Gasteiger partial charge >= 0.3 is 0 Å². The Labute approximate surface area is 400 Å². The zero-order chi connectivity index (χ0) is 48.3. The molecule has 366 valence electrons. The summed E-state index contributed by atoms with van der Waals surface area (Å²) < 4.78 is 20.1. The standard InChI is InChI=1S/C53H71N7O8/c1-8-59-46-11-10-36-26-42(46)43(48(59)44-28-54-17-12-38(44)30-66-7)27-52(4,5)32-68-33-53(31-61)16-9-18-60(56-53)51(65)45(24-35-22-39(36)25-41(62)23-35)55-49(63)47(34(2)3)57(6)50(64)37-13-19-58(29-37)40-14-20-67-21-15-40/h10-12,17,22-23,25-26,28,31,34,37,40,45,47,56,62H,8-9,13-16,18-21,24,27,29-30,32-33H2,1-7H3,(H,55,63)/t37-,45-,47-,53?/m0/s1. The maximum Gasteiger partial charge on any atom is 0.259 e. The van der Waals surface area contributed by atoms with Crippen molar-refractivity contribution in [1.29, 1.82) is 0 Å². The molecule has 0 saturated carbocycles. The molecule has 4 aromatic rings. The molecule has 8 rings (SSSR count). The van der Waals surface area contributed by atoms with Crippen molar-refractivity contribution in [2.75, 3.05) is 60.2 Å². The minimum absolute atomic E-state index is 0.0160. The number of likely N-dealkylation sites (tertiary alicyclic amines) is 1. The number of likely N-dealkylation sites (N-methyl/N-ethyl adjacent to an activating group) is 1. The first kappa shape index (κ1) is 49.2. The Morgan fingerprint density at radius 3 is 2.59 bits per heavy atom. The monoisotopic (exact) mass is 934 g/mol. The van der Waals surface area contributed by atoms with E-state index in [1.165, 1.54) is 5.01 Å². The summed E-state index contributed by atoms with van der Waals surface area (Å²) in [6.45, 7) is 14.9. The molecule has 2 aromatic carbocycles. The lowest BCUT2D eigenvalue weighted by molar-refractivity contribution is -0.148. The number of phenolic OH excluding ortho intramolecular Hbond substituents is 1. The fraction of sp³-hybridized carbons (Fsp3) is 0.566. The van der Waals surface area contributed by atoms with E-state index in [1.807, 2.05) is 32.2 Å². The number of phenols is 1. The van der Waals surface area contributed by atoms with E-state index in [2.05, 4.69) is 64.2 Å². The van der Waals surface area contributed by atoms with Gasteiger partial charge in [-0.05, 0) is 121 Å². The molecule has 15 heteroatoms. The second kappa shape index (κ2) is 20.8. The van der Waals surface area contributed by atoms with E-state index in [0.717, 1.165) is 83.3 Å². The second-order valence-electron chi connectivity index (χ2n) is 20.7. The lowest BCUT2D eigenvalue weighted by Crippen LogP contribution is -2.66. The predicted molar refractivity (Wildman–Crippen MR) is 260 cm³/mol. The number of hydrogen-bond donors (Lipinski definition) is 3. The van der Waals surface area contributed by atoms with Crippen LogP contribution in [0.2, 0.25) is 0 Å². The highest BCUT2D eigenvalue weighted by Crippen LogP contribution is 2.41. The summed E-state index contributed by atoms with van der Waals surface area (Å²) in [4.78, 5) is 65.5. The van der Waals surface area contributed by atoms with Crippen molar-refractivity contribution in [2.45, 2.75) is 116 Å². The van der Waals surface area contributed by atoms with Crippen molar-refractivity contribution < 1.29 is 38.5 Å². The zero-order valence-corrected chi connectivity index (χ0v) is 41.0. The molecule has 6 bridgehead atoms. The number of nitrogens with zero attached hydrogens (tertiary/aromatic N) is 5. The van der Waals surface area contributed by atoms with Gasteiger partial charge in [0.25, 0.3) is 5.91 Å². The number of carbonyl (C=O) groups is 4. The van der Waals surface area contributed by atoms with Gasteiger partial charge in [-0.2, -0.15) is 0 Å². The van der Waals surface area contributed by atoms with E-state index in [4.69, 9.17) is 14.2 Å². The molecule has 1 unspecified atom stereocenters. The number of hydrogen-bond acceptors (Lipinski definition) is 11. The minimum Gasteiger partial charge on any atom is -0.508 e. The molecule has 4 aliphatic heterocycles. The van der Waals surface area contributed by atoms with Crippen LogP contribution in [0.4, 0.5) is 0 Å². The first-order chi connectivity index (χ1) is 32.6. The third-order valence-electron chi connectivity index (χ3n) is 14.6. The Bertz CT molecular complexity index is 2480. The number of benzene rings is 2. The van der Waals surface area contributed by atoms with Crippen LogP contribution in [0, 0.1) is 17.3 Å². The van der Waals surface area contributed by atoms with Crippen LogP contribution >= 0.6 is 0 Å². The van der Waals surface area contributed by atoms with Crippen LogP contribution in [-0.4, -0.2) is 137 Å². The van der Waals surface area contributed by atoms with Gasteiger partial charge in [0.15, 0.2) is 0 Å². The van der Waals surface area contributed by atoms with Crippen LogP contribution in [0.5, 0.6) is 5.75 Å². The summed E-state index contributed by atoms with van der Waals surface area (Å²) in [5.74, 6) is -1.47. The number of carbonyl (C=O) groups excluding carboxylic acids is 4. The molecule has 0 aliphatic carbocycles. The van der Waals surface area contributed by atoms with Gasteiger partial charge in [-0.15, -0.1) is 0 Å². The summed E-state index contributed by atoms with van der Waals surface area (Å²) in [5, 5.41) is 17.0. The Kier molecular flexibility index (Phi) is 15.1. The SMILES string of the molecule is CCn1c(-c2cnccc2COC)c2c3cc(ccc31)-c1cc(O)cc(c1)C[C@H](NC(=O)[C@H](C(C)C)N(C)C(=O)[C@H]1CCN(C3CCOCC3)C1)C(=O)N1CCCC(C=O)(COCC(C)(C)C2)N1. The molecule has 68 heavy (non-hydrogen) atoms. The number of ether oxygens (including phenoxy) is 3. The van der Waals surface area contributed by atoms with E-state index in [-0.39, 0.29) is 36.5 Å². The number of aromatic nitrogens is 2. The van der Waals surface area contributed by atoms with Gasteiger partial charge in [0.05, 0.1) is 31.4 Å². The summed E-state index contributed by atoms with van der Waals surface area (Å²) in [6.07, 6.45) is 8.77. The number of rotatable bonds is 11. The highest BCUT2D eigenvalue weighted by Gasteiger charge is 2.42. The Balaban J connectivity index is 1.17. The first-order valence-electron chi connectivity index (χ1n) is 24.6. The second-order valence-corrected chi connectivity index (χ2v) is 20.7. The van der Waals surface area contributed by atoms with Gasteiger partial charge in [0, 0.05) is 88.3 Å². The molecule has 3 fully saturated rings. The maximum atomic E-state index is 14.9. The Hall–Kier alpha value is -5.19. The van der Waals surface area contributed by atoms with Gasteiger partial charge in [-0.25, -0.2) is 5.43 Å². The Morgan fingerprint density at radius 1 is 1.06 bits per heavy atom. The van der Waals surface area contributed by atoms with Crippen LogP contribution in [0.25, 0.3) is 33.3 Å². The van der Waals surface area contributed by atoms with Crippen molar-refractivity contribution in [1.82, 2.24) is 35.1 Å². The van der Waals surface area contributed by atoms with E-state index < -0.39 is 34.9 Å². The number of aryl methyl sites for hydroxylation is 1. The van der Waals surface area contributed by atoms with Gasteiger partial charge in [0.1, 0.15) is 29.7 Å². The number of amides is 3. The van der Waals surface area contributed by atoms with E-state index >= 15 is 0 Å². The molecule has 3 N–H and O–H groups in total. The van der Waals surface area contributed by atoms with Gasteiger partial charge in [-0.1, -0.05) is 39.8 Å². The molecular formula is C53H71N7O8. The van der Waals surface area contributed by atoms with Crippen molar-refractivity contribution in [3.63, 3.8) is 0 Å². The third-order valence-corrected chi connectivity index (χ3v) is 14.6. The van der Waals surface area contributed by atoms with Crippen LogP contribution < -0.4 is 10.7 Å². The van der Waals surface area contributed by atoms with Crippen molar-refractivity contribution >= 4 is 34.9 Å². The van der Waals surface area contributed by atoms with Crippen molar-refractivity contribution in [3.8, 4) is 28.1 Å². The average Bonchev–Trinajstić information content (AvgIpc) is 3.94. The highest BCUT2D eigenvalue weighted by molar-refractivity contribution is 5.96. The fourth-order valence-corrected chi connectivity index (χ4v) is 11.3. The number of pyridine rings is 1. The van der Waals surface area contributed by atoms with Gasteiger partial charge in [-0.3, -0.25) is 29.3 Å². The summed E-state index contributed by atoms with van der Waals surface area (Å²) >= 11 is 0. The molecular weight excluding hydrogens is 863 g/mol. The molecule has 6 heterocycles. The largest absolute Gasteiger partial charge is 0.508 e. The molecule has 4 aliphatic rings. The summed E-state index contributed by atoms with van der Waals surface area (Å²) in [7, 11) is 3.38. The normalized spacial score (nSPS) is 23.4. The van der Waals surface area contributed by atoms with Gasteiger partial charge < -0.3 is 38.9 Å². The van der Waals surface area contributed by atoms with Gasteiger partial charge in [0.2, 0.25) is 11.8 Å². The Morgan fingerprint density at radius 2 is 1.85 bits per heavy atom. The molecule has 3 saturated heterocycles. The lowest BCUT2D eigenvalue weighted by Gasteiger charge is -2.42. The number of aldehydes is 1. The maximum absolute atomic E-state index is 14.9. The fourth-order valence-electron chi connectivity index (χ4n) is 11.3. The van der Waals surface area contributed by atoms with E-state index in [0.29, 0.717) is 70.1 Å². The van der Waals surface area contributed by atoms with Crippen LogP contribution in [-0.2, 0) is 59.4 Å². The number of aromatic hydroxyl groups is 1.